The van der Waals surface area contributed by atoms with Crippen molar-refractivity contribution in [2.75, 3.05) is 14.1 Å². The van der Waals surface area contributed by atoms with Crippen LogP contribution in [-0.2, 0) is 0 Å². The molecular weight excluding hydrogens is 154 g/mol. The van der Waals surface area contributed by atoms with Gasteiger partial charge in [0.15, 0.2) is 0 Å². The molecule has 1 heterocycles. The van der Waals surface area contributed by atoms with Crippen LogP contribution in [0.3, 0.4) is 0 Å². The van der Waals surface area contributed by atoms with E-state index >= 15 is 0 Å². The molecule has 0 saturated carbocycles. The minimum Gasteiger partial charge on any atom is -0.710 e. The molecular formula is C8H11N3O. The summed E-state index contributed by atoms with van der Waals surface area (Å²) in [6.45, 7) is 0. The third-order valence-electron chi connectivity index (χ3n) is 1.22. The van der Waals surface area contributed by atoms with Crippen LogP contribution in [0, 0.1) is 5.21 Å². The quantitative estimate of drug-likeness (QED) is 0.278. The summed E-state index contributed by atoms with van der Waals surface area (Å²) in [5.41, 5.74) is 0. The first kappa shape index (κ1) is 8.52. The molecule has 4 nitrogen and oxygen atoms in total. The van der Waals surface area contributed by atoms with Crippen molar-refractivity contribution >= 4 is 12.2 Å². The van der Waals surface area contributed by atoms with Crippen molar-refractivity contribution in [2.24, 2.45) is 4.99 Å². The first-order valence-corrected chi connectivity index (χ1v) is 3.59. The maximum atomic E-state index is 11.0. The van der Waals surface area contributed by atoms with Gasteiger partial charge < -0.3 is 10.1 Å². The van der Waals surface area contributed by atoms with Gasteiger partial charge in [-0.15, -0.1) is 0 Å². The van der Waals surface area contributed by atoms with Gasteiger partial charge in [-0.05, 0) is 11.1 Å². The van der Waals surface area contributed by atoms with E-state index in [4.69, 9.17) is 0 Å². The minimum absolute atomic E-state index is 0.395. The number of aromatic nitrogens is 1. The molecule has 0 spiro atoms. The molecule has 0 N–H and O–H groups in total. The average molecular weight is 165 g/mol. The van der Waals surface area contributed by atoms with E-state index in [9.17, 15) is 5.21 Å². The third kappa shape index (κ3) is 2.23. The number of nitrogens with zero attached hydrogens (tertiary/aromatic N) is 3. The van der Waals surface area contributed by atoms with Gasteiger partial charge in [-0.2, -0.15) is 0 Å². The SMILES string of the molecule is CN(C)/C=N/c1cccc[n+]1[O-]. The van der Waals surface area contributed by atoms with Crippen LogP contribution in [0.15, 0.2) is 29.4 Å². The minimum atomic E-state index is 0.395. The number of hydrogen-bond acceptors (Lipinski definition) is 2. The molecule has 1 aromatic heterocycles. The second-order valence-electron chi connectivity index (χ2n) is 2.59. The Morgan fingerprint density at radius 2 is 2.25 bits per heavy atom. The summed E-state index contributed by atoms with van der Waals surface area (Å²) in [6.07, 6.45) is 3.01. The number of pyridine rings is 1. The summed E-state index contributed by atoms with van der Waals surface area (Å²) < 4.78 is 0.722. The van der Waals surface area contributed by atoms with Gasteiger partial charge in [0.05, 0.1) is 6.20 Å². The average Bonchev–Trinajstić information content (AvgIpc) is 2.03. The molecule has 1 rings (SSSR count). The Morgan fingerprint density at radius 1 is 1.50 bits per heavy atom. The largest absolute Gasteiger partial charge is 0.710 e. The van der Waals surface area contributed by atoms with Gasteiger partial charge >= 0.3 is 5.82 Å². The van der Waals surface area contributed by atoms with Gasteiger partial charge in [-0.25, -0.2) is 4.73 Å². The predicted molar refractivity (Wildman–Crippen MR) is 47.2 cm³/mol. The van der Waals surface area contributed by atoms with E-state index in [0.717, 1.165) is 4.73 Å². The monoisotopic (exact) mass is 165 g/mol. The Labute approximate surface area is 71.4 Å². The molecule has 0 atom stereocenters. The molecule has 0 aromatic carbocycles. The molecule has 1 aromatic rings. The lowest BCUT2D eigenvalue weighted by Gasteiger charge is -2.02. The zero-order valence-electron chi connectivity index (χ0n) is 7.14. The molecule has 0 bridgehead atoms. The molecule has 0 unspecified atom stereocenters. The normalized spacial score (nSPS) is 10.5. The molecule has 12 heavy (non-hydrogen) atoms. The van der Waals surface area contributed by atoms with E-state index in [0.29, 0.717) is 5.82 Å². The van der Waals surface area contributed by atoms with Gasteiger partial charge in [0.2, 0.25) is 6.34 Å². The van der Waals surface area contributed by atoms with Gasteiger partial charge in [0.1, 0.15) is 0 Å². The first-order valence-electron chi connectivity index (χ1n) is 3.59. The van der Waals surface area contributed by atoms with Crippen LogP contribution < -0.4 is 4.73 Å². The first-order chi connectivity index (χ1) is 5.70. The lowest BCUT2D eigenvalue weighted by atomic mass is 10.5. The van der Waals surface area contributed by atoms with Gasteiger partial charge in [-0.3, -0.25) is 0 Å². The van der Waals surface area contributed by atoms with Crippen molar-refractivity contribution in [3.05, 3.63) is 29.6 Å². The number of hydrogen-bond donors (Lipinski definition) is 0. The van der Waals surface area contributed by atoms with E-state index < -0.39 is 0 Å². The van der Waals surface area contributed by atoms with Crippen molar-refractivity contribution < 1.29 is 4.73 Å². The summed E-state index contributed by atoms with van der Waals surface area (Å²) in [4.78, 5) is 5.73. The molecule has 0 aliphatic carbocycles. The van der Waals surface area contributed by atoms with Crippen LogP contribution in [0.1, 0.15) is 0 Å². The maximum absolute atomic E-state index is 11.0. The summed E-state index contributed by atoms with van der Waals surface area (Å²) in [5.74, 6) is 0.395. The van der Waals surface area contributed by atoms with Crippen LogP contribution in [0.5, 0.6) is 0 Å². The molecule has 0 aliphatic heterocycles. The Morgan fingerprint density at radius 3 is 2.83 bits per heavy atom. The lowest BCUT2D eigenvalue weighted by molar-refractivity contribution is -0.591. The summed E-state index contributed by atoms with van der Waals surface area (Å²) in [7, 11) is 3.70. The van der Waals surface area contributed by atoms with Crippen molar-refractivity contribution in [1.82, 2.24) is 4.90 Å². The van der Waals surface area contributed by atoms with Crippen LogP contribution in [0.4, 0.5) is 5.82 Å². The van der Waals surface area contributed by atoms with E-state index in [-0.39, 0.29) is 0 Å². The standard InChI is InChI=1S/C8H11N3O/c1-10(2)7-9-8-5-3-4-6-11(8)12/h3-7H,1-2H3/b9-7+. The zero-order valence-corrected chi connectivity index (χ0v) is 7.14. The number of rotatable bonds is 2. The van der Waals surface area contributed by atoms with Crippen molar-refractivity contribution in [2.45, 2.75) is 0 Å². The fourth-order valence-corrected chi connectivity index (χ4v) is 0.694. The van der Waals surface area contributed by atoms with E-state index in [2.05, 4.69) is 4.99 Å². The molecule has 64 valence electrons. The van der Waals surface area contributed by atoms with Crippen molar-refractivity contribution in [1.29, 1.82) is 0 Å². The molecule has 0 aliphatic rings. The Bertz CT molecular complexity index is 283. The van der Waals surface area contributed by atoms with E-state index in [1.54, 1.807) is 29.4 Å². The topological polar surface area (TPSA) is 42.5 Å². The van der Waals surface area contributed by atoms with Gasteiger partial charge in [0, 0.05) is 20.2 Å². The molecule has 0 amide bonds. The van der Waals surface area contributed by atoms with Crippen LogP contribution >= 0.6 is 0 Å². The Balaban J connectivity index is 2.82. The van der Waals surface area contributed by atoms with Gasteiger partial charge in [-0.1, -0.05) is 6.07 Å². The lowest BCUT2D eigenvalue weighted by Crippen LogP contribution is -2.25. The fraction of sp³-hybridized carbons (Fsp3) is 0.250. The second kappa shape index (κ2) is 3.71. The van der Waals surface area contributed by atoms with Crippen LogP contribution in [-0.4, -0.2) is 25.3 Å². The summed E-state index contributed by atoms with van der Waals surface area (Å²) in [5, 5.41) is 11.0. The molecule has 0 saturated heterocycles. The Kier molecular flexibility index (Phi) is 2.63. The highest BCUT2D eigenvalue weighted by atomic mass is 16.5. The van der Waals surface area contributed by atoms with E-state index in [1.807, 2.05) is 14.1 Å². The zero-order chi connectivity index (χ0) is 8.97. The fourth-order valence-electron chi connectivity index (χ4n) is 0.694. The van der Waals surface area contributed by atoms with Gasteiger partial charge in [0.25, 0.3) is 0 Å². The highest BCUT2D eigenvalue weighted by Crippen LogP contribution is 2.00. The highest BCUT2D eigenvalue weighted by Gasteiger charge is 1.98. The number of aliphatic imine (C=N–C) groups is 1. The Hall–Kier alpha value is -1.58. The molecule has 4 heteroatoms. The molecule has 0 fully saturated rings. The highest BCUT2D eigenvalue weighted by molar-refractivity contribution is 5.57. The van der Waals surface area contributed by atoms with E-state index in [1.165, 1.54) is 6.20 Å². The molecule has 0 radical (unpaired) electrons. The summed E-state index contributed by atoms with van der Waals surface area (Å²) >= 11 is 0. The second-order valence-corrected chi connectivity index (χ2v) is 2.59. The maximum Gasteiger partial charge on any atom is 0.327 e. The van der Waals surface area contributed by atoms with Crippen molar-refractivity contribution in [3.63, 3.8) is 0 Å². The van der Waals surface area contributed by atoms with Crippen molar-refractivity contribution in [3.8, 4) is 0 Å². The van der Waals surface area contributed by atoms with Crippen LogP contribution in [0.2, 0.25) is 0 Å². The third-order valence-corrected chi connectivity index (χ3v) is 1.22. The predicted octanol–water partition coefficient (Wildman–Crippen LogP) is 0.541. The smallest absolute Gasteiger partial charge is 0.327 e. The van der Waals surface area contributed by atoms with Crippen LogP contribution in [0.25, 0.3) is 0 Å². The summed E-state index contributed by atoms with van der Waals surface area (Å²) in [6, 6.07) is 5.10.